The van der Waals surface area contributed by atoms with Gasteiger partial charge in [0.2, 0.25) is 0 Å². The molecule has 0 bridgehead atoms. The number of hydrogen-bond acceptors (Lipinski definition) is 6. The molecule has 1 heterocycles. The SMILES string of the molecule is CCOC(=O)c1c(-c2ccc(OC)cc2)c(-c2ccc(OC)cc2)nn(CC2CC2)c1=O. The van der Waals surface area contributed by atoms with Crippen molar-refractivity contribution in [2.75, 3.05) is 20.8 Å². The van der Waals surface area contributed by atoms with E-state index in [9.17, 15) is 9.59 Å². The largest absolute Gasteiger partial charge is 0.497 e. The van der Waals surface area contributed by atoms with Crippen LogP contribution in [0.5, 0.6) is 11.5 Å². The molecule has 0 unspecified atom stereocenters. The number of ether oxygens (including phenoxy) is 3. The monoisotopic (exact) mass is 434 g/mol. The third kappa shape index (κ3) is 4.37. The molecule has 1 fully saturated rings. The fourth-order valence-electron chi connectivity index (χ4n) is 3.62. The molecule has 2 aromatic carbocycles. The summed E-state index contributed by atoms with van der Waals surface area (Å²) in [6, 6.07) is 14.6. The number of nitrogens with zero attached hydrogens (tertiary/aromatic N) is 2. The summed E-state index contributed by atoms with van der Waals surface area (Å²) in [4.78, 5) is 26.4. The lowest BCUT2D eigenvalue weighted by Gasteiger charge is -2.17. The van der Waals surface area contributed by atoms with E-state index in [1.807, 2.05) is 36.4 Å². The first-order valence-electron chi connectivity index (χ1n) is 10.7. The van der Waals surface area contributed by atoms with Crippen molar-refractivity contribution in [1.82, 2.24) is 9.78 Å². The molecule has 0 N–H and O–H groups in total. The van der Waals surface area contributed by atoms with Gasteiger partial charge in [0.15, 0.2) is 0 Å². The molecule has 0 spiro atoms. The lowest BCUT2D eigenvalue weighted by molar-refractivity contribution is 0.0524. The Labute approximate surface area is 186 Å². The Hall–Kier alpha value is -3.61. The second kappa shape index (κ2) is 9.26. The summed E-state index contributed by atoms with van der Waals surface area (Å²) < 4.78 is 17.3. The highest BCUT2D eigenvalue weighted by molar-refractivity contribution is 6.00. The smallest absolute Gasteiger partial charge is 0.344 e. The number of carbonyl (C=O) groups is 1. The van der Waals surface area contributed by atoms with Crippen LogP contribution in [0.3, 0.4) is 0 Å². The molecule has 1 aliphatic rings. The van der Waals surface area contributed by atoms with Crippen molar-refractivity contribution in [3.8, 4) is 33.9 Å². The number of methoxy groups -OCH3 is 2. The summed E-state index contributed by atoms with van der Waals surface area (Å²) in [5.74, 6) is 1.14. The van der Waals surface area contributed by atoms with Gasteiger partial charge in [0.05, 0.1) is 26.5 Å². The molecule has 3 aromatic rings. The van der Waals surface area contributed by atoms with Crippen molar-refractivity contribution in [1.29, 1.82) is 0 Å². The molecule has 0 radical (unpaired) electrons. The average Bonchev–Trinajstić information content (AvgIpc) is 3.64. The van der Waals surface area contributed by atoms with Gasteiger partial charge in [0.1, 0.15) is 17.1 Å². The van der Waals surface area contributed by atoms with Gasteiger partial charge in [-0.15, -0.1) is 0 Å². The van der Waals surface area contributed by atoms with E-state index in [0.717, 1.165) is 18.4 Å². The molecule has 4 rings (SSSR count). The summed E-state index contributed by atoms with van der Waals surface area (Å²) >= 11 is 0. The van der Waals surface area contributed by atoms with Crippen molar-refractivity contribution in [3.63, 3.8) is 0 Å². The summed E-state index contributed by atoms with van der Waals surface area (Å²) in [5, 5.41) is 4.72. The van der Waals surface area contributed by atoms with E-state index in [1.54, 1.807) is 33.3 Å². The van der Waals surface area contributed by atoms with Gasteiger partial charge in [-0.1, -0.05) is 12.1 Å². The lowest BCUT2D eigenvalue weighted by atomic mass is 9.95. The van der Waals surface area contributed by atoms with Crippen molar-refractivity contribution >= 4 is 5.97 Å². The quantitative estimate of drug-likeness (QED) is 0.495. The molecule has 7 nitrogen and oxygen atoms in total. The summed E-state index contributed by atoms with van der Waals surface area (Å²) in [7, 11) is 3.19. The second-order valence-corrected chi connectivity index (χ2v) is 7.71. The molecule has 1 aliphatic carbocycles. The molecule has 166 valence electrons. The number of hydrogen-bond donors (Lipinski definition) is 0. The minimum atomic E-state index is -0.648. The fourth-order valence-corrected chi connectivity index (χ4v) is 3.62. The van der Waals surface area contributed by atoms with Crippen LogP contribution in [0.25, 0.3) is 22.4 Å². The summed E-state index contributed by atoms with van der Waals surface area (Å²) in [6.45, 7) is 2.37. The predicted octanol–water partition coefficient (Wildman–Crippen LogP) is 4.18. The first-order chi connectivity index (χ1) is 15.5. The van der Waals surface area contributed by atoms with Crippen LogP contribution in [-0.4, -0.2) is 36.6 Å². The Morgan fingerprint density at radius 2 is 1.53 bits per heavy atom. The molecule has 1 aromatic heterocycles. The number of rotatable bonds is 8. The summed E-state index contributed by atoms with van der Waals surface area (Å²) in [5.41, 5.74) is 2.01. The molecule has 0 amide bonds. The van der Waals surface area contributed by atoms with Gasteiger partial charge in [-0.2, -0.15) is 5.10 Å². The first kappa shape index (κ1) is 21.6. The van der Waals surface area contributed by atoms with Crippen LogP contribution in [0, 0.1) is 5.92 Å². The van der Waals surface area contributed by atoms with Gasteiger partial charge >= 0.3 is 5.97 Å². The Morgan fingerprint density at radius 3 is 2.03 bits per heavy atom. The van der Waals surface area contributed by atoms with Crippen LogP contribution in [0.2, 0.25) is 0 Å². The fraction of sp³-hybridized carbons (Fsp3) is 0.320. The molecule has 0 atom stereocenters. The van der Waals surface area contributed by atoms with Crippen LogP contribution in [0.15, 0.2) is 53.3 Å². The Balaban J connectivity index is 1.99. The van der Waals surface area contributed by atoms with E-state index in [1.165, 1.54) is 4.68 Å². The van der Waals surface area contributed by atoms with Crippen molar-refractivity contribution in [3.05, 3.63) is 64.4 Å². The Kier molecular flexibility index (Phi) is 6.25. The second-order valence-electron chi connectivity index (χ2n) is 7.71. The highest BCUT2D eigenvalue weighted by Gasteiger charge is 2.29. The van der Waals surface area contributed by atoms with Gasteiger partial charge in [-0.3, -0.25) is 4.79 Å². The lowest BCUT2D eigenvalue weighted by Crippen LogP contribution is -2.32. The molecule has 7 heteroatoms. The highest BCUT2D eigenvalue weighted by atomic mass is 16.5. The zero-order valence-corrected chi connectivity index (χ0v) is 18.5. The van der Waals surface area contributed by atoms with E-state index in [0.29, 0.717) is 40.8 Å². The number of aromatic nitrogens is 2. The maximum atomic E-state index is 13.4. The maximum absolute atomic E-state index is 13.4. The topological polar surface area (TPSA) is 79.7 Å². The summed E-state index contributed by atoms with van der Waals surface area (Å²) in [6.07, 6.45) is 2.11. The molecular weight excluding hydrogens is 408 g/mol. The highest BCUT2D eigenvalue weighted by Crippen LogP contribution is 2.35. The van der Waals surface area contributed by atoms with Crippen LogP contribution < -0.4 is 15.0 Å². The first-order valence-corrected chi connectivity index (χ1v) is 10.7. The van der Waals surface area contributed by atoms with Crippen molar-refractivity contribution < 1.29 is 19.0 Å². The van der Waals surface area contributed by atoms with Gasteiger partial charge in [-0.05, 0) is 67.6 Å². The minimum Gasteiger partial charge on any atom is -0.497 e. The van der Waals surface area contributed by atoms with Crippen LogP contribution in [0.4, 0.5) is 0 Å². The minimum absolute atomic E-state index is 0.00140. The standard InChI is InChI=1S/C25H26N2O5/c1-4-32-25(29)22-21(17-7-11-19(30-2)12-8-17)23(18-9-13-20(31-3)14-10-18)26-27(24(22)28)15-16-5-6-16/h7-14,16H,4-6,15H2,1-3H3. The Bertz CT molecular complexity index is 1160. The number of esters is 1. The van der Waals surface area contributed by atoms with Gasteiger partial charge in [0, 0.05) is 17.7 Å². The molecule has 0 saturated heterocycles. The molecule has 32 heavy (non-hydrogen) atoms. The zero-order valence-electron chi connectivity index (χ0n) is 18.5. The molecule has 0 aliphatic heterocycles. The predicted molar refractivity (Wildman–Crippen MR) is 121 cm³/mol. The average molecular weight is 434 g/mol. The van der Waals surface area contributed by atoms with Gasteiger partial charge in [-0.25, -0.2) is 9.48 Å². The number of carbonyl (C=O) groups excluding carboxylic acids is 1. The van der Waals surface area contributed by atoms with Crippen LogP contribution in [0.1, 0.15) is 30.1 Å². The zero-order chi connectivity index (χ0) is 22.7. The van der Waals surface area contributed by atoms with Crippen LogP contribution >= 0.6 is 0 Å². The van der Waals surface area contributed by atoms with E-state index >= 15 is 0 Å². The Morgan fingerprint density at radius 1 is 0.969 bits per heavy atom. The third-order valence-electron chi connectivity index (χ3n) is 5.51. The van der Waals surface area contributed by atoms with E-state index in [2.05, 4.69) is 0 Å². The van der Waals surface area contributed by atoms with Crippen molar-refractivity contribution in [2.45, 2.75) is 26.3 Å². The van der Waals surface area contributed by atoms with E-state index in [-0.39, 0.29) is 12.2 Å². The normalized spacial score (nSPS) is 13.0. The molecular formula is C25H26N2O5. The number of benzene rings is 2. The van der Waals surface area contributed by atoms with E-state index < -0.39 is 11.5 Å². The third-order valence-corrected chi connectivity index (χ3v) is 5.51. The van der Waals surface area contributed by atoms with Gasteiger partial charge < -0.3 is 14.2 Å². The maximum Gasteiger partial charge on any atom is 0.344 e. The van der Waals surface area contributed by atoms with Crippen LogP contribution in [-0.2, 0) is 11.3 Å². The molecule has 1 saturated carbocycles. The van der Waals surface area contributed by atoms with Gasteiger partial charge in [0.25, 0.3) is 5.56 Å². The van der Waals surface area contributed by atoms with E-state index in [4.69, 9.17) is 19.3 Å². The van der Waals surface area contributed by atoms with Crippen molar-refractivity contribution in [2.24, 2.45) is 5.92 Å².